The first-order chi connectivity index (χ1) is 8.92. The number of carbonyl (C=O) groups excluding carboxylic acids is 1. The van der Waals surface area contributed by atoms with Gasteiger partial charge in [0.1, 0.15) is 17.1 Å². The highest BCUT2D eigenvalue weighted by Crippen LogP contribution is 2.39. The van der Waals surface area contributed by atoms with Crippen molar-refractivity contribution in [1.82, 2.24) is 0 Å². The molecule has 0 aliphatic carbocycles. The van der Waals surface area contributed by atoms with Gasteiger partial charge in [0.25, 0.3) is 0 Å². The first kappa shape index (κ1) is 16.7. The third-order valence-corrected chi connectivity index (χ3v) is 3.23. The Morgan fingerprint density at radius 2 is 1.65 bits per heavy atom. The number of benzene rings is 1. The second-order valence-corrected chi connectivity index (χ2v) is 7.43. The largest absolute Gasteiger partial charge is 0.488 e. The van der Waals surface area contributed by atoms with Gasteiger partial charge in [0.15, 0.2) is 0 Å². The molecule has 0 bridgehead atoms. The van der Waals surface area contributed by atoms with Crippen LogP contribution in [0.3, 0.4) is 0 Å². The van der Waals surface area contributed by atoms with E-state index in [4.69, 9.17) is 4.74 Å². The lowest BCUT2D eigenvalue weighted by Gasteiger charge is -2.32. The molecule has 1 aromatic carbocycles. The van der Waals surface area contributed by atoms with Gasteiger partial charge in [0.2, 0.25) is 0 Å². The maximum absolute atomic E-state index is 11.6. The van der Waals surface area contributed by atoms with E-state index in [2.05, 4.69) is 39.8 Å². The highest BCUT2D eigenvalue weighted by Gasteiger charge is 2.29. The fourth-order valence-corrected chi connectivity index (χ4v) is 2.92. The lowest BCUT2D eigenvalue weighted by atomic mass is 9.77. The summed E-state index contributed by atoms with van der Waals surface area (Å²) in [5.41, 5.74) is 3.05. The zero-order valence-electron chi connectivity index (χ0n) is 14.2. The summed E-state index contributed by atoms with van der Waals surface area (Å²) in [5, 5.41) is 0. The van der Waals surface area contributed by atoms with Crippen molar-refractivity contribution in [3.63, 3.8) is 0 Å². The standard InChI is InChI=1S/C18H28O2/c1-12-9-13(2)16(18(7,8)11-14(3)19)15(10-12)20-17(4,5)6/h9-10H,11H2,1-8H3. The van der Waals surface area contributed by atoms with Gasteiger partial charge >= 0.3 is 0 Å². The Hall–Kier alpha value is -1.31. The molecule has 1 aromatic rings. The molecule has 0 saturated heterocycles. The molecule has 0 atom stereocenters. The van der Waals surface area contributed by atoms with Crippen molar-refractivity contribution < 1.29 is 9.53 Å². The zero-order chi connectivity index (χ0) is 15.7. The van der Waals surface area contributed by atoms with Gasteiger partial charge < -0.3 is 4.74 Å². The molecule has 0 unspecified atom stereocenters. The van der Waals surface area contributed by atoms with Crippen molar-refractivity contribution in [2.24, 2.45) is 0 Å². The molecule has 0 aromatic heterocycles. The molecule has 0 aliphatic rings. The van der Waals surface area contributed by atoms with Gasteiger partial charge in [-0.05, 0) is 58.7 Å². The minimum Gasteiger partial charge on any atom is -0.488 e. The summed E-state index contributed by atoms with van der Waals surface area (Å²) >= 11 is 0. The van der Waals surface area contributed by atoms with E-state index in [0.717, 1.165) is 11.3 Å². The first-order valence-electron chi connectivity index (χ1n) is 7.22. The van der Waals surface area contributed by atoms with Gasteiger partial charge in [-0.25, -0.2) is 0 Å². The highest BCUT2D eigenvalue weighted by molar-refractivity contribution is 5.77. The van der Waals surface area contributed by atoms with Gasteiger partial charge in [-0.2, -0.15) is 0 Å². The van der Waals surface area contributed by atoms with E-state index in [0.29, 0.717) is 6.42 Å². The van der Waals surface area contributed by atoms with Crippen LogP contribution in [0.2, 0.25) is 0 Å². The smallest absolute Gasteiger partial charge is 0.130 e. The van der Waals surface area contributed by atoms with Crippen molar-refractivity contribution in [2.45, 2.75) is 72.8 Å². The molecular formula is C18H28O2. The summed E-state index contributed by atoms with van der Waals surface area (Å²) in [5.74, 6) is 1.11. The summed E-state index contributed by atoms with van der Waals surface area (Å²) in [6, 6.07) is 4.24. The molecule has 0 amide bonds. The van der Waals surface area contributed by atoms with Crippen LogP contribution in [-0.2, 0) is 10.2 Å². The third-order valence-electron chi connectivity index (χ3n) is 3.23. The van der Waals surface area contributed by atoms with Crippen LogP contribution in [-0.4, -0.2) is 11.4 Å². The Morgan fingerprint density at radius 3 is 2.10 bits per heavy atom. The average molecular weight is 276 g/mol. The van der Waals surface area contributed by atoms with Crippen molar-refractivity contribution in [2.75, 3.05) is 0 Å². The number of hydrogen-bond acceptors (Lipinski definition) is 2. The van der Waals surface area contributed by atoms with Crippen LogP contribution in [0.4, 0.5) is 0 Å². The SMILES string of the molecule is CC(=O)CC(C)(C)c1c(C)cc(C)cc1OC(C)(C)C. The quantitative estimate of drug-likeness (QED) is 0.794. The fourth-order valence-electron chi connectivity index (χ4n) is 2.92. The topological polar surface area (TPSA) is 26.3 Å². The number of aryl methyl sites for hydroxylation is 2. The monoisotopic (exact) mass is 276 g/mol. The highest BCUT2D eigenvalue weighted by atomic mass is 16.5. The number of carbonyl (C=O) groups is 1. The number of Topliss-reactive ketones (excluding diaryl/α,β-unsaturated/α-hetero) is 1. The molecule has 0 spiro atoms. The van der Waals surface area contributed by atoms with Crippen LogP contribution >= 0.6 is 0 Å². The number of ketones is 1. The Balaban J connectivity index is 3.40. The van der Waals surface area contributed by atoms with Crippen LogP contribution < -0.4 is 4.74 Å². The molecule has 0 saturated carbocycles. The summed E-state index contributed by atoms with van der Waals surface area (Å²) in [6.07, 6.45) is 0.525. The number of ether oxygens (including phenoxy) is 1. The van der Waals surface area contributed by atoms with Gasteiger partial charge in [0, 0.05) is 17.4 Å². The number of hydrogen-bond donors (Lipinski definition) is 0. The van der Waals surface area contributed by atoms with Gasteiger partial charge in [0.05, 0.1) is 0 Å². The second-order valence-electron chi connectivity index (χ2n) is 7.43. The van der Waals surface area contributed by atoms with Gasteiger partial charge in [-0.3, -0.25) is 4.79 Å². The lowest BCUT2D eigenvalue weighted by molar-refractivity contribution is -0.118. The van der Waals surface area contributed by atoms with E-state index in [1.807, 2.05) is 20.8 Å². The van der Waals surface area contributed by atoms with Crippen LogP contribution in [0, 0.1) is 13.8 Å². The lowest BCUT2D eigenvalue weighted by Crippen LogP contribution is -2.28. The molecular weight excluding hydrogens is 248 g/mol. The zero-order valence-corrected chi connectivity index (χ0v) is 14.2. The van der Waals surface area contributed by atoms with Crippen LogP contribution in [0.15, 0.2) is 12.1 Å². The maximum atomic E-state index is 11.6. The average Bonchev–Trinajstić information content (AvgIpc) is 2.08. The Morgan fingerprint density at radius 1 is 1.10 bits per heavy atom. The normalized spacial score (nSPS) is 12.4. The summed E-state index contributed by atoms with van der Waals surface area (Å²) in [7, 11) is 0. The predicted octanol–water partition coefficient (Wildman–Crippen LogP) is 4.74. The third kappa shape index (κ3) is 4.36. The van der Waals surface area contributed by atoms with E-state index < -0.39 is 0 Å². The van der Waals surface area contributed by atoms with E-state index in [-0.39, 0.29) is 16.8 Å². The molecule has 0 fully saturated rings. The minimum atomic E-state index is -0.249. The van der Waals surface area contributed by atoms with Crippen LogP contribution in [0.25, 0.3) is 0 Å². The van der Waals surface area contributed by atoms with E-state index in [1.165, 1.54) is 11.1 Å². The summed E-state index contributed by atoms with van der Waals surface area (Å²) < 4.78 is 6.15. The summed E-state index contributed by atoms with van der Waals surface area (Å²) in [4.78, 5) is 11.6. The van der Waals surface area contributed by atoms with Crippen LogP contribution in [0.1, 0.15) is 64.7 Å². The van der Waals surface area contributed by atoms with Crippen molar-refractivity contribution in [1.29, 1.82) is 0 Å². The molecule has 1 rings (SSSR count). The Bertz CT molecular complexity index is 505. The first-order valence-corrected chi connectivity index (χ1v) is 7.22. The van der Waals surface area contributed by atoms with Crippen molar-refractivity contribution in [3.05, 3.63) is 28.8 Å². The predicted molar refractivity (Wildman–Crippen MR) is 84.6 cm³/mol. The van der Waals surface area contributed by atoms with E-state index >= 15 is 0 Å². The molecule has 0 radical (unpaired) electrons. The van der Waals surface area contributed by atoms with Crippen LogP contribution in [0.5, 0.6) is 5.75 Å². The molecule has 0 heterocycles. The van der Waals surface area contributed by atoms with Crippen molar-refractivity contribution >= 4 is 5.78 Å². The molecule has 2 nitrogen and oxygen atoms in total. The molecule has 20 heavy (non-hydrogen) atoms. The molecule has 0 aliphatic heterocycles. The van der Waals surface area contributed by atoms with E-state index in [1.54, 1.807) is 6.92 Å². The number of rotatable bonds is 4. The fraction of sp³-hybridized carbons (Fsp3) is 0.611. The molecule has 112 valence electrons. The minimum absolute atomic E-state index is 0.205. The molecule has 2 heteroatoms. The second kappa shape index (κ2) is 5.59. The Labute approximate surface area is 123 Å². The van der Waals surface area contributed by atoms with Gasteiger partial charge in [-0.1, -0.05) is 19.9 Å². The van der Waals surface area contributed by atoms with Crippen molar-refractivity contribution in [3.8, 4) is 5.75 Å². The molecule has 0 N–H and O–H groups in total. The maximum Gasteiger partial charge on any atom is 0.130 e. The Kier molecular flexibility index (Phi) is 4.68. The summed E-state index contributed by atoms with van der Waals surface area (Å²) in [6.45, 7) is 16.2. The van der Waals surface area contributed by atoms with Gasteiger partial charge in [-0.15, -0.1) is 0 Å². The van der Waals surface area contributed by atoms with E-state index in [9.17, 15) is 4.79 Å².